The van der Waals surface area contributed by atoms with E-state index in [1.807, 2.05) is 54.5 Å². The van der Waals surface area contributed by atoms with Gasteiger partial charge in [-0.2, -0.15) is 13.2 Å². The van der Waals surface area contributed by atoms with Crippen LogP contribution in [0.25, 0.3) is 22.1 Å². The molecule has 0 aliphatic rings. The summed E-state index contributed by atoms with van der Waals surface area (Å²) in [7, 11) is 0. The molecule has 0 amide bonds. The molecule has 0 bridgehead atoms. The van der Waals surface area contributed by atoms with Crippen LogP contribution in [0.4, 0.5) is 13.2 Å². The molecule has 0 radical (unpaired) electrons. The van der Waals surface area contributed by atoms with E-state index in [1.165, 1.54) is 18.1 Å². The Kier molecular flexibility index (Phi) is 12.4. The van der Waals surface area contributed by atoms with Crippen LogP contribution in [0.2, 0.25) is 0 Å². The molecule has 3 rings (SSSR count). The van der Waals surface area contributed by atoms with Crippen LogP contribution in [-0.4, -0.2) is 25.4 Å². The fourth-order valence-corrected chi connectivity index (χ4v) is 6.07. The third kappa shape index (κ3) is 10.6. The van der Waals surface area contributed by atoms with E-state index in [9.17, 15) is 22.8 Å². The second-order valence-corrected chi connectivity index (χ2v) is 15.4. The number of fused-ring (bicyclic) bond motifs is 1. The van der Waals surface area contributed by atoms with Gasteiger partial charge in [-0.3, -0.25) is 4.79 Å². The number of hydrogen-bond donors (Lipinski definition) is 0. The van der Waals surface area contributed by atoms with Gasteiger partial charge in [-0.25, -0.2) is 4.79 Å². The molecule has 0 fully saturated rings. The summed E-state index contributed by atoms with van der Waals surface area (Å²) in [5, 5.41) is 0.669. The van der Waals surface area contributed by atoms with Crippen molar-refractivity contribution in [1.29, 1.82) is 0 Å². The summed E-state index contributed by atoms with van der Waals surface area (Å²) >= 11 is 0. The maximum Gasteiger partial charge on any atom is 0.389 e. The van der Waals surface area contributed by atoms with Crippen molar-refractivity contribution >= 4 is 16.9 Å². The molecular weight excluding hydrogens is 605 g/mol. The number of carbonyl (C=O) groups is 1. The zero-order valence-electron chi connectivity index (χ0n) is 29.7. The number of aryl methyl sites for hydroxylation is 2. The molecule has 0 aliphatic carbocycles. The third-order valence-corrected chi connectivity index (χ3v) is 9.06. The molecule has 5 nitrogen and oxygen atoms in total. The van der Waals surface area contributed by atoms with Gasteiger partial charge in [0, 0.05) is 17.4 Å². The van der Waals surface area contributed by atoms with E-state index in [-0.39, 0.29) is 23.4 Å². The van der Waals surface area contributed by atoms with Crippen molar-refractivity contribution in [3.63, 3.8) is 0 Å². The topological polar surface area (TPSA) is 65.7 Å². The summed E-state index contributed by atoms with van der Waals surface area (Å²) in [6, 6.07) is 12.9. The molecule has 8 heteroatoms. The van der Waals surface area contributed by atoms with E-state index >= 15 is 0 Å². The molecule has 260 valence electrons. The Morgan fingerprint density at radius 2 is 1.57 bits per heavy atom. The van der Waals surface area contributed by atoms with E-state index in [2.05, 4.69) is 26.0 Å². The molecular formula is C39H53F3O5. The van der Waals surface area contributed by atoms with Crippen LogP contribution in [0.3, 0.4) is 0 Å². The third-order valence-electron chi connectivity index (χ3n) is 9.06. The summed E-state index contributed by atoms with van der Waals surface area (Å²) in [4.78, 5) is 26.5. The second-order valence-electron chi connectivity index (χ2n) is 15.4. The minimum Gasteiger partial charge on any atom is -0.493 e. The molecule has 0 N–H and O–H groups in total. The Hall–Kier alpha value is -3.29. The molecule has 2 atom stereocenters. The quantitative estimate of drug-likeness (QED) is 0.0980. The maximum absolute atomic E-state index is 13.5. The van der Waals surface area contributed by atoms with Gasteiger partial charge in [-0.15, -0.1) is 0 Å². The average molecular weight is 659 g/mol. The Morgan fingerprint density at radius 3 is 2.17 bits per heavy atom. The molecule has 2 unspecified atom stereocenters. The van der Waals surface area contributed by atoms with E-state index in [0.717, 1.165) is 36.8 Å². The first-order valence-corrected chi connectivity index (χ1v) is 16.8. The van der Waals surface area contributed by atoms with Crippen molar-refractivity contribution in [2.75, 3.05) is 13.2 Å². The summed E-state index contributed by atoms with van der Waals surface area (Å²) < 4.78 is 57.7. The zero-order valence-corrected chi connectivity index (χ0v) is 29.7. The molecule has 0 saturated heterocycles. The molecule has 0 saturated carbocycles. The first-order valence-electron chi connectivity index (χ1n) is 16.8. The molecule has 3 aromatic rings. The first-order chi connectivity index (χ1) is 21.8. The SMILES string of the molecule is CCCCCc1ccc(-c2cc3ccc(OCC(COC(=O)C(C)(CC(C)(C)C)C(C)(C)C)CC(F)(F)F)cc3oc2=O)c(CC)c1. The highest BCUT2D eigenvalue weighted by atomic mass is 19.4. The number of halogens is 3. The van der Waals surface area contributed by atoms with Gasteiger partial charge in [0.1, 0.15) is 11.3 Å². The van der Waals surface area contributed by atoms with E-state index in [0.29, 0.717) is 17.4 Å². The number of ether oxygens (including phenoxy) is 2. The lowest BCUT2D eigenvalue weighted by atomic mass is 9.61. The molecule has 1 aromatic heterocycles. The predicted octanol–water partition coefficient (Wildman–Crippen LogP) is 10.7. The smallest absolute Gasteiger partial charge is 0.389 e. The van der Waals surface area contributed by atoms with Crippen molar-refractivity contribution in [2.24, 2.45) is 22.2 Å². The minimum absolute atomic E-state index is 0.196. The van der Waals surface area contributed by atoms with E-state index in [1.54, 1.807) is 18.2 Å². The lowest BCUT2D eigenvalue weighted by Crippen LogP contribution is -2.45. The van der Waals surface area contributed by atoms with Crippen LogP contribution in [-0.2, 0) is 22.4 Å². The van der Waals surface area contributed by atoms with Gasteiger partial charge in [0.25, 0.3) is 0 Å². The van der Waals surface area contributed by atoms with Crippen LogP contribution < -0.4 is 10.4 Å². The Balaban J connectivity index is 1.79. The minimum atomic E-state index is -4.48. The summed E-state index contributed by atoms with van der Waals surface area (Å²) in [6.45, 7) is 17.1. The highest BCUT2D eigenvalue weighted by Gasteiger charge is 2.48. The molecule has 1 heterocycles. The van der Waals surface area contributed by atoms with Crippen molar-refractivity contribution in [2.45, 2.75) is 113 Å². The number of alkyl halides is 3. The highest BCUT2D eigenvalue weighted by molar-refractivity contribution is 5.83. The van der Waals surface area contributed by atoms with Crippen LogP contribution in [0.15, 0.2) is 51.7 Å². The average Bonchev–Trinajstić information content (AvgIpc) is 2.96. The lowest BCUT2D eigenvalue weighted by molar-refractivity contribution is -0.173. The number of hydrogen-bond acceptors (Lipinski definition) is 5. The molecule has 47 heavy (non-hydrogen) atoms. The molecule has 0 spiro atoms. The fraction of sp³-hybridized carbons (Fsp3) is 0.590. The van der Waals surface area contributed by atoms with E-state index < -0.39 is 47.5 Å². The Labute approximate surface area is 278 Å². The first kappa shape index (κ1) is 38.2. The van der Waals surface area contributed by atoms with Gasteiger partial charge in [0.15, 0.2) is 0 Å². The number of unbranched alkanes of at least 4 members (excludes halogenated alkanes) is 2. The fourth-order valence-electron chi connectivity index (χ4n) is 6.07. The highest BCUT2D eigenvalue weighted by Crippen LogP contribution is 2.47. The normalized spacial score (nSPS) is 14.6. The summed E-state index contributed by atoms with van der Waals surface area (Å²) in [5.74, 6) is -1.39. The largest absolute Gasteiger partial charge is 0.493 e. The Bertz CT molecular complexity index is 1560. The standard InChI is InChI=1S/C39H53F3O5/c1-10-12-13-14-26-15-18-31(28(11-2)19-26)32-20-29-16-17-30(21-33(29)47-34(32)43)45-23-27(22-39(40,41)42)24-46-35(44)38(9,37(6,7)8)25-36(3,4)5/h15-21,27H,10-14,22-25H2,1-9H3. The second kappa shape index (κ2) is 15.3. The van der Waals surface area contributed by atoms with Crippen LogP contribution in [0, 0.1) is 22.2 Å². The van der Waals surface area contributed by atoms with E-state index in [4.69, 9.17) is 13.9 Å². The summed E-state index contributed by atoms with van der Waals surface area (Å²) in [5.41, 5.74) is 1.81. The summed E-state index contributed by atoms with van der Waals surface area (Å²) in [6.07, 6.45) is 0.0778. The van der Waals surface area contributed by atoms with Crippen LogP contribution in [0.1, 0.15) is 106 Å². The number of carbonyl (C=O) groups excluding carboxylic acids is 1. The number of esters is 1. The molecule has 2 aromatic carbocycles. The van der Waals surface area contributed by atoms with Gasteiger partial charge < -0.3 is 13.9 Å². The van der Waals surface area contributed by atoms with Crippen molar-refractivity contribution < 1.29 is 31.9 Å². The van der Waals surface area contributed by atoms with Crippen LogP contribution in [0.5, 0.6) is 5.75 Å². The predicted molar refractivity (Wildman–Crippen MR) is 183 cm³/mol. The number of benzene rings is 2. The van der Waals surface area contributed by atoms with Gasteiger partial charge in [0.05, 0.1) is 30.6 Å². The number of rotatable bonds is 14. The van der Waals surface area contributed by atoms with Gasteiger partial charge in [-0.1, -0.05) is 86.4 Å². The van der Waals surface area contributed by atoms with Gasteiger partial charge in [-0.05, 0) is 78.3 Å². The van der Waals surface area contributed by atoms with Gasteiger partial charge >= 0.3 is 17.8 Å². The van der Waals surface area contributed by atoms with Gasteiger partial charge in [0.2, 0.25) is 0 Å². The van der Waals surface area contributed by atoms with Crippen molar-refractivity contribution in [3.05, 3.63) is 64.0 Å². The monoisotopic (exact) mass is 658 g/mol. The lowest BCUT2D eigenvalue weighted by Gasteiger charge is -2.43. The zero-order chi connectivity index (χ0) is 35.2. The van der Waals surface area contributed by atoms with Crippen molar-refractivity contribution in [3.8, 4) is 16.9 Å². The van der Waals surface area contributed by atoms with Crippen molar-refractivity contribution in [1.82, 2.24) is 0 Å². The van der Waals surface area contributed by atoms with Crippen LogP contribution >= 0.6 is 0 Å². The maximum atomic E-state index is 13.5. The molecule has 0 aliphatic heterocycles. The Morgan fingerprint density at radius 1 is 0.872 bits per heavy atom.